The minimum atomic E-state index is -0.163. The number of ketones is 1. The number of anilines is 1. The molecular weight excluding hydrogens is 366 g/mol. The van der Waals surface area contributed by atoms with Crippen LogP contribution in [0.5, 0.6) is 5.75 Å². The lowest BCUT2D eigenvalue weighted by molar-refractivity contribution is -0.113. The van der Waals surface area contributed by atoms with Gasteiger partial charge in [0.25, 0.3) is 5.91 Å². The molecule has 1 aliphatic rings. The minimum absolute atomic E-state index is 0.0164. The van der Waals surface area contributed by atoms with Crippen molar-refractivity contribution >= 4 is 51.8 Å². The highest BCUT2D eigenvalue weighted by Gasteiger charge is 2.33. The van der Waals surface area contributed by atoms with Crippen LogP contribution in [0.3, 0.4) is 0 Å². The summed E-state index contributed by atoms with van der Waals surface area (Å²) in [6, 6.07) is 14.4. The SMILES string of the molecule is CCOc1ccc(C=C2SC(=S)N(c3ccc(C(C)=O)cc3)C2=O)cc1. The van der Waals surface area contributed by atoms with Gasteiger partial charge in [0.2, 0.25) is 0 Å². The molecule has 1 fully saturated rings. The zero-order valence-electron chi connectivity index (χ0n) is 14.4. The first-order chi connectivity index (χ1) is 12.5. The quantitative estimate of drug-likeness (QED) is 0.426. The van der Waals surface area contributed by atoms with E-state index in [0.29, 0.717) is 27.1 Å². The van der Waals surface area contributed by atoms with Gasteiger partial charge in [0.15, 0.2) is 10.1 Å². The maximum atomic E-state index is 12.8. The van der Waals surface area contributed by atoms with Crippen molar-refractivity contribution in [3.05, 3.63) is 64.6 Å². The maximum absolute atomic E-state index is 12.8. The Bertz CT molecular complexity index is 886. The molecule has 132 valence electrons. The first-order valence-electron chi connectivity index (χ1n) is 8.11. The van der Waals surface area contributed by atoms with Crippen LogP contribution in [0.15, 0.2) is 53.4 Å². The van der Waals surface area contributed by atoms with E-state index in [4.69, 9.17) is 17.0 Å². The predicted octanol–water partition coefficient (Wildman–Crippen LogP) is 4.69. The highest BCUT2D eigenvalue weighted by molar-refractivity contribution is 8.27. The molecule has 0 aliphatic carbocycles. The second-order valence-corrected chi connectivity index (χ2v) is 7.30. The van der Waals surface area contributed by atoms with E-state index in [2.05, 4.69) is 0 Å². The van der Waals surface area contributed by atoms with Crippen molar-refractivity contribution in [1.29, 1.82) is 0 Å². The van der Waals surface area contributed by atoms with Crippen molar-refractivity contribution in [3.63, 3.8) is 0 Å². The standard InChI is InChI=1S/C20H17NO3S2/c1-3-24-17-10-4-14(5-11-17)12-18-19(23)21(20(25)26-18)16-8-6-15(7-9-16)13(2)22/h4-12H,3H2,1-2H3. The fraction of sp³-hybridized carbons (Fsp3) is 0.150. The van der Waals surface area contributed by atoms with Crippen molar-refractivity contribution < 1.29 is 14.3 Å². The summed E-state index contributed by atoms with van der Waals surface area (Å²) in [6.45, 7) is 4.05. The Morgan fingerprint density at radius 2 is 1.81 bits per heavy atom. The van der Waals surface area contributed by atoms with E-state index in [1.54, 1.807) is 24.3 Å². The molecule has 1 amide bonds. The van der Waals surface area contributed by atoms with Crippen molar-refractivity contribution in [1.82, 2.24) is 0 Å². The number of rotatable bonds is 5. The van der Waals surface area contributed by atoms with Gasteiger partial charge < -0.3 is 4.74 Å². The maximum Gasteiger partial charge on any atom is 0.270 e. The first-order valence-corrected chi connectivity index (χ1v) is 9.34. The summed E-state index contributed by atoms with van der Waals surface area (Å²) < 4.78 is 5.90. The summed E-state index contributed by atoms with van der Waals surface area (Å²) in [7, 11) is 0. The van der Waals surface area contributed by atoms with Crippen LogP contribution >= 0.6 is 24.0 Å². The van der Waals surface area contributed by atoms with Crippen LogP contribution < -0.4 is 9.64 Å². The average Bonchev–Trinajstić information content (AvgIpc) is 2.90. The van der Waals surface area contributed by atoms with Gasteiger partial charge >= 0.3 is 0 Å². The third-order valence-electron chi connectivity index (χ3n) is 3.81. The average molecular weight is 383 g/mol. The number of benzene rings is 2. The van der Waals surface area contributed by atoms with Gasteiger partial charge in [-0.1, -0.05) is 36.1 Å². The van der Waals surface area contributed by atoms with Gasteiger partial charge in [-0.05, 0) is 61.9 Å². The third kappa shape index (κ3) is 3.86. The third-order valence-corrected chi connectivity index (χ3v) is 5.12. The Balaban J connectivity index is 1.82. The number of thioether (sulfide) groups is 1. The Labute approximate surface area is 161 Å². The van der Waals surface area contributed by atoms with Crippen LogP contribution in [-0.4, -0.2) is 22.6 Å². The lowest BCUT2D eigenvalue weighted by atomic mass is 10.1. The zero-order valence-corrected chi connectivity index (χ0v) is 16.0. The molecule has 0 bridgehead atoms. The van der Waals surface area contributed by atoms with Gasteiger partial charge in [0, 0.05) is 5.56 Å². The molecule has 1 aliphatic heterocycles. The van der Waals surface area contributed by atoms with E-state index in [1.165, 1.54) is 23.6 Å². The van der Waals surface area contributed by atoms with Crippen molar-refractivity contribution in [2.75, 3.05) is 11.5 Å². The second-order valence-electron chi connectivity index (χ2n) is 5.62. The summed E-state index contributed by atoms with van der Waals surface area (Å²) in [5.41, 5.74) is 2.16. The summed E-state index contributed by atoms with van der Waals surface area (Å²) in [4.78, 5) is 26.2. The van der Waals surface area contributed by atoms with E-state index in [1.807, 2.05) is 37.3 Å². The largest absolute Gasteiger partial charge is 0.494 e. The molecule has 0 atom stereocenters. The van der Waals surface area contributed by atoms with E-state index in [-0.39, 0.29) is 11.7 Å². The van der Waals surface area contributed by atoms with Crippen molar-refractivity contribution in [2.24, 2.45) is 0 Å². The number of thiocarbonyl (C=S) groups is 1. The topological polar surface area (TPSA) is 46.6 Å². The van der Waals surface area contributed by atoms with E-state index >= 15 is 0 Å². The Kier molecular flexibility index (Phi) is 5.54. The predicted molar refractivity (Wildman–Crippen MR) is 110 cm³/mol. The van der Waals surface area contributed by atoms with E-state index < -0.39 is 0 Å². The molecule has 2 aromatic carbocycles. The van der Waals surface area contributed by atoms with Crippen LogP contribution in [-0.2, 0) is 4.79 Å². The Hall–Kier alpha value is -2.44. The Morgan fingerprint density at radius 3 is 2.38 bits per heavy atom. The highest BCUT2D eigenvalue weighted by atomic mass is 32.2. The van der Waals surface area contributed by atoms with Gasteiger partial charge in [-0.25, -0.2) is 0 Å². The van der Waals surface area contributed by atoms with Crippen molar-refractivity contribution in [3.8, 4) is 5.75 Å². The number of ether oxygens (including phenoxy) is 1. The monoisotopic (exact) mass is 383 g/mol. The van der Waals surface area contributed by atoms with Gasteiger partial charge in [-0.15, -0.1) is 0 Å². The van der Waals surface area contributed by atoms with Gasteiger partial charge in [0.1, 0.15) is 5.75 Å². The number of carbonyl (C=O) groups excluding carboxylic acids is 2. The number of hydrogen-bond donors (Lipinski definition) is 0. The number of carbonyl (C=O) groups is 2. The Morgan fingerprint density at radius 1 is 1.15 bits per heavy atom. The van der Waals surface area contributed by atoms with Crippen LogP contribution in [0, 0.1) is 0 Å². The molecule has 1 heterocycles. The molecule has 0 aromatic heterocycles. The molecule has 26 heavy (non-hydrogen) atoms. The number of nitrogens with zero attached hydrogens (tertiary/aromatic N) is 1. The fourth-order valence-electron chi connectivity index (χ4n) is 2.51. The number of amides is 1. The van der Waals surface area contributed by atoms with Crippen LogP contribution in [0.2, 0.25) is 0 Å². The van der Waals surface area contributed by atoms with Gasteiger partial charge in [-0.3, -0.25) is 14.5 Å². The molecule has 0 saturated carbocycles. The van der Waals surface area contributed by atoms with Crippen LogP contribution in [0.1, 0.15) is 29.8 Å². The first kappa shape index (κ1) is 18.4. The minimum Gasteiger partial charge on any atom is -0.494 e. The van der Waals surface area contributed by atoms with Crippen LogP contribution in [0.4, 0.5) is 5.69 Å². The molecule has 1 saturated heterocycles. The molecule has 0 N–H and O–H groups in total. The summed E-state index contributed by atoms with van der Waals surface area (Å²) in [6.07, 6.45) is 1.82. The molecule has 0 spiro atoms. The molecule has 3 rings (SSSR count). The molecule has 4 nitrogen and oxygen atoms in total. The molecular formula is C20H17NO3S2. The lowest BCUT2D eigenvalue weighted by Crippen LogP contribution is -2.27. The summed E-state index contributed by atoms with van der Waals surface area (Å²) in [5.74, 6) is 0.615. The fourth-order valence-corrected chi connectivity index (χ4v) is 3.81. The van der Waals surface area contributed by atoms with E-state index in [9.17, 15) is 9.59 Å². The van der Waals surface area contributed by atoms with Crippen molar-refractivity contribution in [2.45, 2.75) is 13.8 Å². The van der Waals surface area contributed by atoms with Crippen LogP contribution in [0.25, 0.3) is 6.08 Å². The number of hydrogen-bond acceptors (Lipinski definition) is 5. The lowest BCUT2D eigenvalue weighted by Gasteiger charge is -2.14. The highest BCUT2D eigenvalue weighted by Crippen LogP contribution is 2.36. The zero-order chi connectivity index (χ0) is 18.7. The van der Waals surface area contributed by atoms with Gasteiger partial charge in [-0.2, -0.15) is 0 Å². The number of Topliss-reactive ketones (excluding diaryl/α,β-unsaturated/α-hetero) is 1. The molecule has 0 radical (unpaired) electrons. The molecule has 2 aromatic rings. The second kappa shape index (κ2) is 7.85. The molecule has 0 unspecified atom stereocenters. The van der Waals surface area contributed by atoms with Gasteiger partial charge in [0.05, 0.1) is 17.2 Å². The summed E-state index contributed by atoms with van der Waals surface area (Å²) in [5, 5.41) is 0. The smallest absolute Gasteiger partial charge is 0.270 e. The summed E-state index contributed by atoms with van der Waals surface area (Å²) >= 11 is 6.64. The molecule has 6 heteroatoms. The normalized spacial score (nSPS) is 15.6. The van der Waals surface area contributed by atoms with E-state index in [0.717, 1.165) is 11.3 Å².